The molecule has 180 valence electrons. The van der Waals surface area contributed by atoms with Crippen LogP contribution in [0, 0.1) is 17.0 Å². The molecule has 3 aromatic carbocycles. The molecule has 2 amide bonds. The van der Waals surface area contributed by atoms with Crippen molar-refractivity contribution in [3.63, 3.8) is 0 Å². The average Bonchev–Trinajstić information content (AvgIpc) is 2.89. The lowest BCUT2D eigenvalue weighted by Crippen LogP contribution is -2.48. The summed E-state index contributed by atoms with van der Waals surface area (Å²) in [5.74, 6) is 0.305. The molecule has 0 saturated carbocycles. The van der Waals surface area contributed by atoms with E-state index in [-0.39, 0.29) is 17.2 Å². The Morgan fingerprint density at radius 2 is 1.54 bits per heavy atom. The van der Waals surface area contributed by atoms with E-state index in [0.29, 0.717) is 48.7 Å². The van der Waals surface area contributed by atoms with Crippen LogP contribution in [0.2, 0.25) is 0 Å². The van der Waals surface area contributed by atoms with Crippen LogP contribution < -0.4 is 15.0 Å². The van der Waals surface area contributed by atoms with Crippen molar-refractivity contribution in [2.75, 3.05) is 43.5 Å². The van der Waals surface area contributed by atoms with Crippen molar-refractivity contribution >= 4 is 28.9 Å². The Morgan fingerprint density at radius 3 is 2.14 bits per heavy atom. The van der Waals surface area contributed by atoms with Crippen molar-refractivity contribution in [1.82, 2.24) is 4.90 Å². The third-order valence-electron chi connectivity index (χ3n) is 6.06. The third kappa shape index (κ3) is 5.40. The summed E-state index contributed by atoms with van der Waals surface area (Å²) in [7, 11) is 1.59. The number of anilines is 2. The first-order valence-electron chi connectivity index (χ1n) is 11.2. The summed E-state index contributed by atoms with van der Waals surface area (Å²) in [6.45, 7) is 4.24. The number of nitro benzene ring substituents is 1. The number of amides is 2. The molecule has 1 aliphatic rings. The molecule has 0 atom stereocenters. The van der Waals surface area contributed by atoms with Crippen LogP contribution in [0.5, 0.6) is 5.75 Å². The second-order valence-corrected chi connectivity index (χ2v) is 8.27. The first-order valence-corrected chi connectivity index (χ1v) is 11.2. The Labute approximate surface area is 203 Å². The van der Waals surface area contributed by atoms with Gasteiger partial charge in [-0.3, -0.25) is 19.7 Å². The van der Waals surface area contributed by atoms with Gasteiger partial charge in [0.25, 0.3) is 17.5 Å². The molecule has 1 aliphatic heterocycles. The highest BCUT2D eigenvalue weighted by atomic mass is 16.6. The van der Waals surface area contributed by atoms with Crippen LogP contribution >= 0.6 is 0 Å². The molecule has 0 bridgehead atoms. The molecule has 1 fully saturated rings. The minimum Gasteiger partial charge on any atom is -0.497 e. The topological polar surface area (TPSA) is 105 Å². The number of hydrogen-bond donors (Lipinski definition) is 1. The number of benzene rings is 3. The average molecular weight is 475 g/mol. The predicted molar refractivity (Wildman–Crippen MR) is 133 cm³/mol. The lowest BCUT2D eigenvalue weighted by atomic mass is 10.1. The molecule has 1 heterocycles. The summed E-state index contributed by atoms with van der Waals surface area (Å²) in [5, 5.41) is 13.9. The van der Waals surface area contributed by atoms with Gasteiger partial charge in [-0.15, -0.1) is 0 Å². The van der Waals surface area contributed by atoms with Gasteiger partial charge in [-0.05, 0) is 61.5 Å². The van der Waals surface area contributed by atoms with Gasteiger partial charge < -0.3 is 19.9 Å². The minimum absolute atomic E-state index is 0.00158. The number of hydrogen-bond acceptors (Lipinski definition) is 6. The fourth-order valence-electron chi connectivity index (χ4n) is 3.99. The van der Waals surface area contributed by atoms with Crippen LogP contribution in [0.25, 0.3) is 0 Å². The molecule has 1 saturated heterocycles. The fourth-order valence-corrected chi connectivity index (χ4v) is 3.99. The van der Waals surface area contributed by atoms with Crippen molar-refractivity contribution in [3.05, 3.63) is 93.5 Å². The van der Waals surface area contributed by atoms with Gasteiger partial charge in [0.1, 0.15) is 5.75 Å². The van der Waals surface area contributed by atoms with Gasteiger partial charge in [-0.25, -0.2) is 0 Å². The number of nitro groups is 1. The van der Waals surface area contributed by atoms with E-state index in [2.05, 4.69) is 10.2 Å². The van der Waals surface area contributed by atoms with Gasteiger partial charge >= 0.3 is 0 Å². The zero-order valence-electron chi connectivity index (χ0n) is 19.6. The summed E-state index contributed by atoms with van der Waals surface area (Å²) in [4.78, 5) is 40.0. The molecule has 0 aliphatic carbocycles. The zero-order valence-corrected chi connectivity index (χ0v) is 19.6. The second kappa shape index (κ2) is 10.3. The number of methoxy groups -OCH3 is 1. The Kier molecular flexibility index (Phi) is 6.96. The number of ether oxygens (including phenoxy) is 1. The van der Waals surface area contributed by atoms with Crippen LogP contribution in [-0.4, -0.2) is 54.9 Å². The van der Waals surface area contributed by atoms with Crippen molar-refractivity contribution in [2.24, 2.45) is 0 Å². The van der Waals surface area contributed by atoms with E-state index in [9.17, 15) is 19.7 Å². The summed E-state index contributed by atoms with van der Waals surface area (Å²) < 4.78 is 5.15. The van der Waals surface area contributed by atoms with E-state index in [1.54, 1.807) is 62.6 Å². The summed E-state index contributed by atoms with van der Waals surface area (Å²) in [5.41, 5.74) is 2.86. The number of aryl methyl sites for hydroxylation is 1. The van der Waals surface area contributed by atoms with E-state index < -0.39 is 10.8 Å². The number of rotatable bonds is 6. The second-order valence-electron chi connectivity index (χ2n) is 8.27. The first-order chi connectivity index (χ1) is 16.9. The highest BCUT2D eigenvalue weighted by molar-refractivity contribution is 6.04. The zero-order chi connectivity index (χ0) is 24.9. The van der Waals surface area contributed by atoms with Crippen LogP contribution in [0.4, 0.5) is 17.1 Å². The molecule has 9 nitrogen and oxygen atoms in total. The number of carbonyl (C=O) groups excluding carboxylic acids is 2. The molecular weight excluding hydrogens is 448 g/mol. The smallest absolute Gasteiger partial charge is 0.273 e. The largest absolute Gasteiger partial charge is 0.497 e. The Balaban J connectivity index is 1.34. The Hall–Kier alpha value is -4.40. The number of piperazine rings is 1. The maximum absolute atomic E-state index is 12.8. The SMILES string of the molecule is COc1ccc(C(=O)N2CCN(c3ccc(NC(=O)c4ccc(C)c([N+](=O)[O-])c4)cc3)CC2)cc1. The van der Waals surface area contributed by atoms with Gasteiger partial charge in [0, 0.05) is 60.3 Å². The molecular formula is C26H26N4O5. The minimum atomic E-state index is -0.495. The fraction of sp³-hybridized carbons (Fsp3) is 0.231. The number of nitrogens with one attached hydrogen (secondary N) is 1. The summed E-state index contributed by atoms with van der Waals surface area (Å²) >= 11 is 0. The lowest BCUT2D eigenvalue weighted by molar-refractivity contribution is -0.385. The van der Waals surface area contributed by atoms with Crippen molar-refractivity contribution in [2.45, 2.75) is 6.92 Å². The van der Waals surface area contributed by atoms with Crippen molar-refractivity contribution in [3.8, 4) is 5.75 Å². The highest BCUT2D eigenvalue weighted by Gasteiger charge is 2.22. The molecule has 3 aromatic rings. The van der Waals surface area contributed by atoms with Crippen LogP contribution in [0.3, 0.4) is 0 Å². The van der Waals surface area contributed by atoms with Crippen molar-refractivity contribution < 1.29 is 19.2 Å². The first kappa shape index (κ1) is 23.7. The predicted octanol–water partition coefficient (Wildman–Crippen LogP) is 4.13. The van der Waals surface area contributed by atoms with Gasteiger partial charge in [-0.2, -0.15) is 0 Å². The lowest BCUT2D eigenvalue weighted by Gasteiger charge is -2.36. The molecule has 9 heteroatoms. The number of carbonyl (C=O) groups is 2. The van der Waals surface area contributed by atoms with Crippen LogP contribution in [0.1, 0.15) is 26.3 Å². The quantitative estimate of drug-likeness (QED) is 0.426. The monoisotopic (exact) mass is 474 g/mol. The van der Waals surface area contributed by atoms with E-state index in [1.807, 2.05) is 17.0 Å². The number of nitrogens with zero attached hydrogens (tertiary/aromatic N) is 3. The Morgan fingerprint density at radius 1 is 0.914 bits per heavy atom. The van der Waals surface area contributed by atoms with E-state index in [4.69, 9.17) is 4.74 Å². The summed E-state index contributed by atoms with van der Waals surface area (Å²) in [6, 6.07) is 18.9. The van der Waals surface area contributed by atoms with Gasteiger partial charge in [0.05, 0.1) is 12.0 Å². The van der Waals surface area contributed by atoms with E-state index >= 15 is 0 Å². The van der Waals surface area contributed by atoms with Crippen LogP contribution in [-0.2, 0) is 0 Å². The highest BCUT2D eigenvalue weighted by Crippen LogP contribution is 2.23. The maximum Gasteiger partial charge on any atom is 0.273 e. The molecule has 0 spiro atoms. The summed E-state index contributed by atoms with van der Waals surface area (Å²) in [6.07, 6.45) is 0. The molecule has 1 N–H and O–H groups in total. The van der Waals surface area contributed by atoms with Gasteiger partial charge in [-0.1, -0.05) is 6.07 Å². The van der Waals surface area contributed by atoms with Gasteiger partial charge in [0.2, 0.25) is 0 Å². The Bertz CT molecular complexity index is 1230. The molecule has 4 rings (SSSR count). The van der Waals surface area contributed by atoms with E-state index in [1.165, 1.54) is 6.07 Å². The normalized spacial score (nSPS) is 13.3. The van der Waals surface area contributed by atoms with Crippen molar-refractivity contribution in [1.29, 1.82) is 0 Å². The molecule has 35 heavy (non-hydrogen) atoms. The molecule has 0 radical (unpaired) electrons. The standard InChI is InChI=1S/C26H26N4O5/c1-18-3-4-20(17-24(18)30(33)34)25(31)27-21-7-9-22(10-8-21)28-13-15-29(16-14-28)26(32)19-5-11-23(35-2)12-6-19/h3-12,17H,13-16H2,1-2H3,(H,27,31). The molecule has 0 aromatic heterocycles. The molecule has 0 unspecified atom stereocenters. The maximum atomic E-state index is 12.8. The van der Waals surface area contributed by atoms with Gasteiger partial charge in [0.15, 0.2) is 0 Å². The van der Waals surface area contributed by atoms with Crippen LogP contribution in [0.15, 0.2) is 66.7 Å². The van der Waals surface area contributed by atoms with E-state index in [0.717, 1.165) is 5.69 Å². The third-order valence-corrected chi connectivity index (χ3v) is 6.06.